The molecule has 0 spiro atoms. The normalized spacial score (nSPS) is 11.2. The molecule has 0 saturated heterocycles. The van der Waals surface area contributed by atoms with Crippen LogP contribution in [-0.2, 0) is 11.3 Å². The second-order valence-electron chi connectivity index (χ2n) is 8.13. The number of hydrogen-bond donors (Lipinski definition) is 1. The maximum absolute atomic E-state index is 12.5. The van der Waals surface area contributed by atoms with E-state index in [2.05, 4.69) is 15.1 Å². The molecule has 4 aromatic carbocycles. The molecule has 6 nitrogen and oxygen atoms in total. The molecule has 0 bridgehead atoms. The van der Waals surface area contributed by atoms with Crippen LogP contribution in [0.1, 0.15) is 11.1 Å². The third-order valence-electron chi connectivity index (χ3n) is 5.48. The van der Waals surface area contributed by atoms with Gasteiger partial charge in [-0.3, -0.25) is 4.79 Å². The molecule has 0 saturated carbocycles. The lowest BCUT2D eigenvalue weighted by Crippen LogP contribution is -2.20. The molecule has 0 aliphatic rings. The number of carbonyl (C=O) groups is 1. The van der Waals surface area contributed by atoms with Crippen molar-refractivity contribution >= 4 is 46.5 Å². The summed E-state index contributed by atoms with van der Waals surface area (Å²) in [6, 6.07) is 32.7. The molecule has 0 aliphatic carbocycles. The molecule has 0 aliphatic heterocycles. The summed E-state index contributed by atoms with van der Waals surface area (Å²) in [5.41, 5.74) is 6.24. The number of para-hydroxylation sites is 3. The maximum atomic E-state index is 12.5. The lowest BCUT2D eigenvalue weighted by atomic mass is 10.2. The van der Waals surface area contributed by atoms with Gasteiger partial charge in [-0.05, 0) is 53.6 Å². The Morgan fingerprint density at radius 1 is 0.946 bits per heavy atom. The van der Waals surface area contributed by atoms with Gasteiger partial charge < -0.3 is 9.30 Å². The zero-order valence-electron chi connectivity index (χ0n) is 19.8. The van der Waals surface area contributed by atoms with Crippen molar-refractivity contribution in [2.24, 2.45) is 5.10 Å². The Morgan fingerprint density at radius 2 is 1.70 bits per heavy atom. The molecule has 0 unspecified atom stereocenters. The van der Waals surface area contributed by atoms with Crippen molar-refractivity contribution in [2.45, 2.75) is 11.7 Å². The van der Waals surface area contributed by atoms with Crippen LogP contribution in [0.5, 0.6) is 11.5 Å². The van der Waals surface area contributed by atoms with Crippen molar-refractivity contribution in [1.29, 1.82) is 0 Å². The Morgan fingerprint density at radius 3 is 2.57 bits per heavy atom. The van der Waals surface area contributed by atoms with Gasteiger partial charge in [0.1, 0.15) is 11.5 Å². The molecule has 5 rings (SSSR count). The summed E-state index contributed by atoms with van der Waals surface area (Å²) in [7, 11) is 0. The number of halogens is 1. The molecule has 0 radical (unpaired) electrons. The predicted octanol–water partition coefficient (Wildman–Crippen LogP) is 6.77. The second-order valence-corrected chi connectivity index (χ2v) is 9.48. The topological polar surface area (TPSA) is 68.5 Å². The predicted molar refractivity (Wildman–Crippen MR) is 150 cm³/mol. The summed E-state index contributed by atoms with van der Waals surface area (Å²) in [6.07, 6.45) is 1.59. The van der Waals surface area contributed by atoms with Gasteiger partial charge in [0.15, 0.2) is 5.16 Å². The van der Waals surface area contributed by atoms with E-state index in [1.54, 1.807) is 6.21 Å². The van der Waals surface area contributed by atoms with Crippen LogP contribution in [0.15, 0.2) is 113 Å². The van der Waals surface area contributed by atoms with Crippen LogP contribution >= 0.6 is 23.4 Å². The fourth-order valence-corrected chi connectivity index (χ4v) is 4.74. The number of nitrogens with one attached hydrogen (secondary N) is 1. The molecule has 1 N–H and O–H groups in total. The second kappa shape index (κ2) is 11.8. The molecular formula is C29H23ClN4O2S. The van der Waals surface area contributed by atoms with Crippen LogP contribution in [0.25, 0.3) is 11.0 Å². The molecular weight excluding hydrogens is 504 g/mol. The number of amides is 1. The third kappa shape index (κ3) is 6.39. The summed E-state index contributed by atoms with van der Waals surface area (Å²) in [4.78, 5) is 17.3. The van der Waals surface area contributed by atoms with Crippen LogP contribution in [0.2, 0.25) is 5.02 Å². The number of fused-ring (bicyclic) bond motifs is 1. The fourth-order valence-electron chi connectivity index (χ4n) is 3.74. The van der Waals surface area contributed by atoms with Crippen molar-refractivity contribution in [3.63, 3.8) is 0 Å². The smallest absolute Gasteiger partial charge is 0.250 e. The van der Waals surface area contributed by atoms with Gasteiger partial charge in [0, 0.05) is 5.02 Å². The average molecular weight is 527 g/mol. The average Bonchev–Trinajstić information content (AvgIpc) is 3.27. The first-order valence-corrected chi connectivity index (χ1v) is 13.0. The first-order valence-electron chi connectivity index (χ1n) is 11.6. The Bertz CT molecular complexity index is 1550. The van der Waals surface area contributed by atoms with E-state index >= 15 is 0 Å². The molecule has 184 valence electrons. The summed E-state index contributed by atoms with van der Waals surface area (Å²) >= 11 is 7.76. The van der Waals surface area contributed by atoms with Crippen molar-refractivity contribution in [3.8, 4) is 11.5 Å². The van der Waals surface area contributed by atoms with E-state index in [4.69, 9.17) is 21.3 Å². The van der Waals surface area contributed by atoms with Crippen LogP contribution in [0, 0.1) is 0 Å². The Kier molecular flexibility index (Phi) is 7.84. The van der Waals surface area contributed by atoms with E-state index in [-0.39, 0.29) is 11.7 Å². The summed E-state index contributed by atoms with van der Waals surface area (Å²) in [5, 5.41) is 5.55. The van der Waals surface area contributed by atoms with Crippen molar-refractivity contribution in [2.75, 3.05) is 5.75 Å². The van der Waals surface area contributed by atoms with Gasteiger partial charge in [-0.1, -0.05) is 84.0 Å². The molecule has 1 heterocycles. The van der Waals surface area contributed by atoms with Crippen LogP contribution in [0.3, 0.4) is 0 Å². The Hall–Kier alpha value is -4.07. The van der Waals surface area contributed by atoms with E-state index in [9.17, 15) is 4.79 Å². The molecule has 1 amide bonds. The number of rotatable bonds is 9. The van der Waals surface area contributed by atoms with Gasteiger partial charge in [-0.2, -0.15) is 5.10 Å². The third-order valence-corrected chi connectivity index (χ3v) is 6.82. The van der Waals surface area contributed by atoms with E-state index in [0.717, 1.165) is 33.1 Å². The van der Waals surface area contributed by atoms with Gasteiger partial charge in [-0.25, -0.2) is 10.4 Å². The van der Waals surface area contributed by atoms with E-state index < -0.39 is 0 Å². The lowest BCUT2D eigenvalue weighted by Gasteiger charge is -2.10. The molecule has 1 aromatic heterocycles. The summed E-state index contributed by atoms with van der Waals surface area (Å²) in [5.74, 6) is 1.38. The standard InChI is InChI=1S/C29H23ClN4O2S/c30-25-14-5-4-10-22(25)19-34-27-16-7-6-15-26(27)32-29(34)37-20-28(35)33-31-18-21-9-8-13-24(17-21)36-23-11-2-1-3-12-23/h1-18H,19-20H2,(H,33,35)/b31-18-. The lowest BCUT2D eigenvalue weighted by molar-refractivity contribution is -0.118. The molecule has 5 aromatic rings. The fraction of sp³-hybridized carbons (Fsp3) is 0.0690. The number of imidazole rings is 1. The van der Waals surface area contributed by atoms with Gasteiger partial charge in [0.25, 0.3) is 5.91 Å². The van der Waals surface area contributed by atoms with Gasteiger partial charge >= 0.3 is 0 Å². The quantitative estimate of drug-likeness (QED) is 0.131. The summed E-state index contributed by atoms with van der Waals surface area (Å²) < 4.78 is 7.93. The van der Waals surface area contributed by atoms with Crippen LogP contribution in [0.4, 0.5) is 0 Å². The number of nitrogens with zero attached hydrogens (tertiary/aromatic N) is 3. The van der Waals surface area contributed by atoms with Gasteiger partial charge in [0.05, 0.1) is 29.5 Å². The van der Waals surface area contributed by atoms with Gasteiger partial charge in [0.2, 0.25) is 0 Å². The molecule has 0 atom stereocenters. The Labute approximate surface area is 223 Å². The number of carbonyl (C=O) groups excluding carboxylic acids is 1. The zero-order chi connectivity index (χ0) is 25.5. The minimum Gasteiger partial charge on any atom is -0.457 e. The summed E-state index contributed by atoms with van der Waals surface area (Å²) in [6.45, 7) is 0.559. The zero-order valence-corrected chi connectivity index (χ0v) is 21.3. The van der Waals surface area contributed by atoms with Gasteiger partial charge in [-0.15, -0.1) is 0 Å². The minimum atomic E-state index is -0.228. The number of aromatic nitrogens is 2. The largest absolute Gasteiger partial charge is 0.457 e. The van der Waals surface area contributed by atoms with Crippen LogP contribution in [-0.4, -0.2) is 27.4 Å². The van der Waals surface area contributed by atoms with Crippen molar-refractivity contribution in [1.82, 2.24) is 15.0 Å². The highest BCUT2D eigenvalue weighted by Crippen LogP contribution is 2.27. The first kappa shape index (κ1) is 24.6. The highest BCUT2D eigenvalue weighted by atomic mass is 35.5. The SMILES string of the molecule is O=C(CSc1nc2ccccc2n1Cc1ccccc1Cl)N/N=C\c1cccc(Oc2ccccc2)c1. The highest BCUT2D eigenvalue weighted by molar-refractivity contribution is 7.99. The number of hydrogen-bond acceptors (Lipinski definition) is 5. The number of hydrazone groups is 1. The molecule has 37 heavy (non-hydrogen) atoms. The minimum absolute atomic E-state index is 0.167. The van der Waals surface area contributed by atoms with Crippen molar-refractivity contribution < 1.29 is 9.53 Å². The van der Waals surface area contributed by atoms with Crippen LogP contribution < -0.4 is 10.2 Å². The van der Waals surface area contributed by atoms with Crippen molar-refractivity contribution in [3.05, 3.63) is 119 Å². The van der Waals surface area contributed by atoms with E-state index in [1.807, 2.05) is 103 Å². The van der Waals surface area contributed by atoms with E-state index in [0.29, 0.717) is 17.3 Å². The monoisotopic (exact) mass is 526 g/mol. The first-order chi connectivity index (χ1) is 18.2. The molecule has 0 fully saturated rings. The number of thioether (sulfide) groups is 1. The maximum Gasteiger partial charge on any atom is 0.250 e. The van der Waals surface area contributed by atoms with E-state index in [1.165, 1.54) is 11.8 Å². The Balaban J connectivity index is 1.22. The molecule has 8 heteroatoms. The number of ether oxygens (including phenoxy) is 1. The highest BCUT2D eigenvalue weighted by Gasteiger charge is 2.14. The number of benzene rings is 4.